The van der Waals surface area contributed by atoms with E-state index in [0.717, 1.165) is 47.5 Å². The van der Waals surface area contributed by atoms with Gasteiger partial charge in [-0.1, -0.05) is 54.6 Å². The molecule has 2 atom stereocenters. The van der Waals surface area contributed by atoms with Gasteiger partial charge in [-0.05, 0) is 68.9 Å². The lowest BCUT2D eigenvalue weighted by atomic mass is 9.71. The fourth-order valence-electron chi connectivity index (χ4n) is 5.25. The van der Waals surface area contributed by atoms with Crippen molar-refractivity contribution in [2.45, 2.75) is 70.2 Å². The molecule has 0 bridgehead atoms. The Kier molecular flexibility index (Phi) is 6.40. The van der Waals surface area contributed by atoms with Gasteiger partial charge in [-0.2, -0.15) is 0 Å². The van der Waals surface area contributed by atoms with Crippen molar-refractivity contribution in [3.63, 3.8) is 0 Å². The molecule has 37 heavy (non-hydrogen) atoms. The van der Waals surface area contributed by atoms with E-state index < -0.39 is 11.1 Å². The maximum atomic E-state index is 12.6. The highest BCUT2D eigenvalue weighted by molar-refractivity contribution is 5.97. The molecule has 3 aliphatic rings. The van der Waals surface area contributed by atoms with Crippen molar-refractivity contribution in [1.82, 2.24) is 15.5 Å². The molecule has 2 N–H and O–H groups in total. The van der Waals surface area contributed by atoms with Crippen LogP contribution in [0, 0.1) is 0 Å². The number of carbonyl (C=O) groups is 2. The molecule has 5 rings (SSSR count). The summed E-state index contributed by atoms with van der Waals surface area (Å²) in [5.41, 5.74) is 3.13. The molecular formula is C30H34N4O3. The Balaban J connectivity index is 1.43. The molecule has 2 aliphatic heterocycles. The molecule has 2 aromatic rings. The summed E-state index contributed by atoms with van der Waals surface area (Å²) in [6.07, 6.45) is 8.25. The summed E-state index contributed by atoms with van der Waals surface area (Å²) in [6.45, 7) is 7.13. The number of alkyl carbamates (subject to hydrolysis) is 1. The van der Waals surface area contributed by atoms with Gasteiger partial charge in [0.1, 0.15) is 17.5 Å². The van der Waals surface area contributed by atoms with Gasteiger partial charge in [-0.3, -0.25) is 9.79 Å². The average molecular weight is 499 g/mol. The van der Waals surface area contributed by atoms with Gasteiger partial charge in [-0.25, -0.2) is 4.79 Å². The Morgan fingerprint density at radius 3 is 2.30 bits per heavy atom. The van der Waals surface area contributed by atoms with Crippen molar-refractivity contribution in [3.8, 4) is 0 Å². The van der Waals surface area contributed by atoms with E-state index in [-0.39, 0.29) is 24.1 Å². The molecule has 2 unspecified atom stereocenters. The van der Waals surface area contributed by atoms with Gasteiger partial charge in [0.15, 0.2) is 0 Å². The summed E-state index contributed by atoms with van der Waals surface area (Å²) in [5, 5.41) is 6.02. The van der Waals surface area contributed by atoms with Crippen LogP contribution in [-0.2, 0) is 15.1 Å². The Morgan fingerprint density at radius 2 is 1.70 bits per heavy atom. The maximum absolute atomic E-state index is 12.6. The first-order chi connectivity index (χ1) is 17.6. The highest BCUT2D eigenvalue weighted by Gasteiger charge is 2.42. The summed E-state index contributed by atoms with van der Waals surface area (Å²) in [5.74, 6) is 0.753. The minimum atomic E-state index is -0.540. The molecule has 1 saturated carbocycles. The van der Waals surface area contributed by atoms with E-state index in [9.17, 15) is 9.59 Å². The van der Waals surface area contributed by atoms with Crippen molar-refractivity contribution in [1.29, 1.82) is 0 Å². The summed E-state index contributed by atoms with van der Waals surface area (Å²) < 4.78 is 5.53. The first kappa shape index (κ1) is 24.8. The number of rotatable bonds is 5. The number of amides is 2. The number of nitrogens with zero attached hydrogens (tertiary/aromatic N) is 2. The standard InChI is InChI=1S/C30H34N4O3/c1-20(35)31-24-15-16-25-32-26(27(34(25)19-24)22-9-6-5-7-10-22)21-11-13-23(14-12-21)30(17-8-18-30)33-28(36)37-29(2,3)4/h5-7,9-16,19,26-27H,8,17-18H2,1-4H3,(H,31,35)(H,33,36). The fraction of sp³-hybridized carbons (Fsp3) is 0.367. The van der Waals surface area contributed by atoms with Crippen molar-refractivity contribution < 1.29 is 14.3 Å². The molecule has 0 aromatic heterocycles. The minimum absolute atomic E-state index is 0.0479. The predicted octanol–water partition coefficient (Wildman–Crippen LogP) is 5.63. The molecule has 2 heterocycles. The number of ether oxygens (including phenoxy) is 1. The molecule has 7 heteroatoms. The van der Waals surface area contributed by atoms with E-state index in [1.54, 1.807) is 0 Å². The summed E-state index contributed by atoms with van der Waals surface area (Å²) >= 11 is 0. The molecule has 1 aliphatic carbocycles. The second-order valence-corrected chi connectivity index (χ2v) is 11.0. The van der Waals surface area contributed by atoms with Gasteiger partial charge in [0.05, 0.1) is 17.3 Å². The van der Waals surface area contributed by atoms with Crippen LogP contribution in [0.2, 0.25) is 0 Å². The van der Waals surface area contributed by atoms with Crippen LogP contribution in [0.15, 0.2) is 83.6 Å². The molecule has 192 valence electrons. The van der Waals surface area contributed by atoms with Crippen LogP contribution in [0.5, 0.6) is 0 Å². The van der Waals surface area contributed by atoms with E-state index in [1.807, 2.05) is 57.3 Å². The van der Waals surface area contributed by atoms with Gasteiger partial charge in [-0.15, -0.1) is 0 Å². The van der Waals surface area contributed by atoms with Crippen LogP contribution in [-0.4, -0.2) is 28.3 Å². The highest BCUT2D eigenvalue weighted by Crippen LogP contribution is 2.45. The number of benzene rings is 2. The minimum Gasteiger partial charge on any atom is -0.444 e. The van der Waals surface area contributed by atoms with E-state index in [0.29, 0.717) is 0 Å². The number of hydrogen-bond donors (Lipinski definition) is 2. The smallest absolute Gasteiger partial charge is 0.408 e. The van der Waals surface area contributed by atoms with Crippen molar-refractivity contribution in [2.24, 2.45) is 4.99 Å². The molecule has 2 amide bonds. The number of amidine groups is 1. The summed E-state index contributed by atoms with van der Waals surface area (Å²) in [6, 6.07) is 18.6. The van der Waals surface area contributed by atoms with Gasteiger partial charge in [0, 0.05) is 13.1 Å². The van der Waals surface area contributed by atoms with Crippen LogP contribution in [0.1, 0.15) is 75.7 Å². The zero-order valence-electron chi connectivity index (χ0n) is 21.8. The SMILES string of the molecule is CC(=O)NC1=CN2C(=NC(c3ccc(C4(NC(=O)OC(C)(C)C)CCC4)cc3)C2c2ccccc2)C=C1. The Bertz CT molecular complexity index is 1270. The predicted molar refractivity (Wildman–Crippen MR) is 144 cm³/mol. The number of fused-ring (bicyclic) bond motifs is 1. The molecule has 0 spiro atoms. The van der Waals surface area contributed by atoms with Gasteiger partial charge in [0.2, 0.25) is 5.91 Å². The van der Waals surface area contributed by atoms with Crippen molar-refractivity contribution in [2.75, 3.05) is 0 Å². The first-order valence-electron chi connectivity index (χ1n) is 12.8. The third-order valence-electron chi connectivity index (χ3n) is 7.04. The summed E-state index contributed by atoms with van der Waals surface area (Å²) in [7, 11) is 0. The number of aliphatic imine (C=N–C) groups is 1. The topological polar surface area (TPSA) is 83.0 Å². The number of nitrogens with one attached hydrogen (secondary N) is 2. The Labute approximate surface area is 218 Å². The molecule has 1 fully saturated rings. The van der Waals surface area contributed by atoms with Crippen molar-refractivity contribution in [3.05, 3.63) is 95.3 Å². The van der Waals surface area contributed by atoms with Gasteiger partial charge < -0.3 is 20.3 Å². The molecule has 2 aromatic carbocycles. The van der Waals surface area contributed by atoms with Gasteiger partial charge in [0.25, 0.3) is 0 Å². The van der Waals surface area contributed by atoms with Crippen LogP contribution in [0.25, 0.3) is 0 Å². The van der Waals surface area contributed by atoms with E-state index in [4.69, 9.17) is 9.73 Å². The zero-order valence-corrected chi connectivity index (χ0v) is 21.8. The normalized spacial score (nSPS) is 21.8. The van der Waals surface area contributed by atoms with Gasteiger partial charge >= 0.3 is 6.09 Å². The summed E-state index contributed by atoms with van der Waals surface area (Å²) in [4.78, 5) is 31.4. The molecule has 7 nitrogen and oxygen atoms in total. The maximum Gasteiger partial charge on any atom is 0.408 e. The number of carbonyl (C=O) groups excluding carboxylic acids is 2. The lowest BCUT2D eigenvalue weighted by molar-refractivity contribution is -0.118. The fourth-order valence-corrected chi connectivity index (χ4v) is 5.25. The second kappa shape index (κ2) is 9.54. The third-order valence-corrected chi connectivity index (χ3v) is 7.04. The van der Waals surface area contributed by atoms with E-state index >= 15 is 0 Å². The number of allylic oxidation sites excluding steroid dienone is 1. The van der Waals surface area contributed by atoms with E-state index in [1.165, 1.54) is 6.92 Å². The second-order valence-electron chi connectivity index (χ2n) is 11.0. The lowest BCUT2D eigenvalue weighted by Gasteiger charge is -2.43. The Hall–Kier alpha value is -3.87. The monoisotopic (exact) mass is 498 g/mol. The highest BCUT2D eigenvalue weighted by atomic mass is 16.6. The largest absolute Gasteiger partial charge is 0.444 e. The van der Waals surface area contributed by atoms with Crippen LogP contribution >= 0.6 is 0 Å². The van der Waals surface area contributed by atoms with Crippen LogP contribution in [0.3, 0.4) is 0 Å². The molecule has 0 saturated heterocycles. The molecule has 0 radical (unpaired) electrons. The lowest BCUT2D eigenvalue weighted by Crippen LogP contribution is -2.52. The molecular weight excluding hydrogens is 464 g/mol. The average Bonchev–Trinajstić information content (AvgIpc) is 3.19. The quantitative estimate of drug-likeness (QED) is 0.559. The van der Waals surface area contributed by atoms with E-state index in [2.05, 4.69) is 51.9 Å². The Morgan fingerprint density at radius 1 is 1.00 bits per heavy atom. The first-order valence-corrected chi connectivity index (χ1v) is 12.8. The van der Waals surface area contributed by atoms with Crippen LogP contribution in [0.4, 0.5) is 4.79 Å². The third kappa shape index (κ3) is 5.17. The zero-order chi connectivity index (χ0) is 26.2. The van der Waals surface area contributed by atoms with Crippen LogP contribution < -0.4 is 10.6 Å². The number of hydrogen-bond acceptors (Lipinski definition) is 5. The van der Waals surface area contributed by atoms with Crippen molar-refractivity contribution >= 4 is 17.8 Å².